The van der Waals surface area contributed by atoms with E-state index in [4.69, 9.17) is 0 Å². The van der Waals surface area contributed by atoms with Crippen LogP contribution in [0.5, 0.6) is 0 Å². The van der Waals surface area contributed by atoms with Crippen LogP contribution >= 0.6 is 0 Å². The van der Waals surface area contributed by atoms with Crippen molar-refractivity contribution >= 4 is 23.3 Å². The van der Waals surface area contributed by atoms with Crippen LogP contribution < -0.4 is 14.7 Å². The molecule has 0 unspecified atom stereocenters. The number of alkyl halides is 3. The molecule has 0 atom stereocenters. The molecule has 0 spiro atoms. The van der Waals surface area contributed by atoms with Crippen molar-refractivity contribution in [1.82, 2.24) is 9.80 Å². The van der Waals surface area contributed by atoms with Crippen molar-refractivity contribution in [2.75, 3.05) is 25.5 Å². The minimum absolute atomic E-state index is 0.0170. The van der Waals surface area contributed by atoms with Crippen LogP contribution in [0.2, 0.25) is 0 Å². The number of anilines is 1. The lowest BCUT2D eigenvalue weighted by molar-refractivity contribution is -0.140. The lowest BCUT2D eigenvalue weighted by Crippen LogP contribution is -2.50. The van der Waals surface area contributed by atoms with Gasteiger partial charge in [-0.15, -0.1) is 0 Å². The molecule has 33 heavy (non-hydrogen) atoms. The molecule has 5 nitrogen and oxygen atoms in total. The fourth-order valence-electron chi connectivity index (χ4n) is 4.75. The van der Waals surface area contributed by atoms with Gasteiger partial charge >= 0.3 is 12.2 Å². The molecule has 2 aromatic rings. The van der Waals surface area contributed by atoms with Gasteiger partial charge in [0.25, 0.3) is 5.91 Å². The fraction of sp³-hybridized carbons (Fsp3) is 0.417. The number of para-hydroxylation sites is 2. The van der Waals surface area contributed by atoms with E-state index in [9.17, 15) is 27.2 Å². The minimum Gasteiger partial charge on any atom is -0.349 e. The van der Waals surface area contributed by atoms with Gasteiger partial charge in [0, 0.05) is 24.2 Å². The Labute approximate surface area is 189 Å². The first kappa shape index (κ1) is 23.2. The van der Waals surface area contributed by atoms with E-state index in [0.717, 1.165) is 30.3 Å². The summed E-state index contributed by atoms with van der Waals surface area (Å²) >= 11 is 0. The molecule has 4 rings (SSSR count). The molecule has 176 valence electrons. The van der Waals surface area contributed by atoms with Crippen LogP contribution in [0.25, 0.3) is 0 Å². The summed E-state index contributed by atoms with van der Waals surface area (Å²) < 4.78 is 52.4. The monoisotopic (exact) mass is 464 g/mol. The zero-order valence-electron chi connectivity index (χ0n) is 18.5. The third-order valence-corrected chi connectivity index (χ3v) is 6.64. The van der Waals surface area contributed by atoms with Crippen LogP contribution in [0.4, 0.5) is 33.7 Å². The summed E-state index contributed by atoms with van der Waals surface area (Å²) in [5, 5.41) is 2.77. The lowest BCUT2D eigenvalue weighted by Gasteiger charge is -2.31. The average Bonchev–Trinajstić information content (AvgIpc) is 2.95. The van der Waals surface area contributed by atoms with Crippen molar-refractivity contribution in [2.24, 2.45) is 5.92 Å². The number of nitrogens with zero attached hydrogens (tertiary/aromatic N) is 2. The number of carbonyl (C=O) groups is 2. The predicted molar refractivity (Wildman–Crippen MR) is 117 cm³/mol. The molecule has 1 aliphatic carbocycles. The molecule has 1 heterocycles. The molecular formula is C24H26F4N3O2+. The number of benzene rings is 2. The molecule has 1 aliphatic heterocycles. The molecule has 1 N–H and O–H groups in total. The van der Waals surface area contributed by atoms with Crippen molar-refractivity contribution in [3.63, 3.8) is 0 Å². The smallest absolute Gasteiger partial charge is 0.349 e. The highest BCUT2D eigenvalue weighted by Crippen LogP contribution is 2.41. The second kappa shape index (κ2) is 8.44. The highest BCUT2D eigenvalue weighted by atomic mass is 19.4. The molecule has 0 radical (unpaired) electrons. The summed E-state index contributed by atoms with van der Waals surface area (Å²) in [6.45, 7) is 0.588. The number of hydrogen-bond acceptors (Lipinski definition) is 2. The van der Waals surface area contributed by atoms with E-state index in [2.05, 4.69) is 5.32 Å². The first-order valence-electron chi connectivity index (χ1n) is 10.9. The number of quaternary nitrogens is 1. The molecule has 9 heteroatoms. The number of carbonyl (C=O) groups excluding carboxylic acids is 2. The van der Waals surface area contributed by atoms with Crippen LogP contribution in [0.15, 0.2) is 42.5 Å². The van der Waals surface area contributed by atoms with Gasteiger partial charge in [0.2, 0.25) is 0 Å². The number of rotatable bonds is 4. The maximum Gasteiger partial charge on any atom is 0.428 e. The van der Waals surface area contributed by atoms with Crippen molar-refractivity contribution in [1.29, 1.82) is 0 Å². The predicted octanol–water partition coefficient (Wildman–Crippen LogP) is 5.34. The number of fused-ring (bicyclic) bond motifs is 1. The fourth-order valence-corrected chi connectivity index (χ4v) is 4.75. The quantitative estimate of drug-likeness (QED) is 0.491. The van der Waals surface area contributed by atoms with E-state index >= 15 is 0 Å². The standard InChI is InChI=1S/C24H25F4N3O2/c1-31(2)21-6-4-3-5-20(21)30(23(31)33)14-15-7-10-17(11-8-15)29-22(32)16-9-12-19(25)18(13-16)24(26,27)28/h3-6,9,12-13,15,17H,7-8,10-11,14H2,1-2H3/p+1. The van der Waals surface area contributed by atoms with E-state index in [1.807, 2.05) is 43.3 Å². The average molecular weight is 464 g/mol. The van der Waals surface area contributed by atoms with E-state index in [-0.39, 0.29) is 28.0 Å². The second-order valence-corrected chi connectivity index (χ2v) is 9.22. The molecule has 1 saturated carbocycles. The maximum absolute atomic E-state index is 13.5. The number of hydrogen-bond donors (Lipinski definition) is 1. The summed E-state index contributed by atoms with van der Waals surface area (Å²) in [4.78, 5) is 27.3. The van der Waals surface area contributed by atoms with Gasteiger partial charge in [0.15, 0.2) is 5.69 Å². The number of nitrogens with one attached hydrogen (secondary N) is 1. The first-order valence-corrected chi connectivity index (χ1v) is 10.9. The van der Waals surface area contributed by atoms with E-state index in [1.165, 1.54) is 0 Å². The van der Waals surface area contributed by atoms with Gasteiger partial charge in [-0.05, 0) is 55.9 Å². The maximum atomic E-state index is 13.5. The molecule has 0 bridgehead atoms. The van der Waals surface area contributed by atoms with E-state index in [0.29, 0.717) is 31.5 Å². The molecule has 2 aliphatic rings. The molecule has 3 amide bonds. The van der Waals surface area contributed by atoms with Crippen molar-refractivity contribution in [3.05, 3.63) is 59.4 Å². The van der Waals surface area contributed by atoms with Gasteiger partial charge < -0.3 is 5.32 Å². The van der Waals surface area contributed by atoms with Gasteiger partial charge in [0.1, 0.15) is 11.5 Å². The molecule has 0 saturated heterocycles. The molecule has 1 fully saturated rings. The number of urea groups is 1. The van der Waals surface area contributed by atoms with Gasteiger partial charge in [-0.2, -0.15) is 13.2 Å². The Kier molecular flexibility index (Phi) is 5.94. The van der Waals surface area contributed by atoms with Gasteiger partial charge in [-0.1, -0.05) is 12.1 Å². The normalized spacial score (nSPS) is 22.2. The minimum atomic E-state index is -4.86. The zero-order chi connectivity index (χ0) is 24.0. The SMILES string of the molecule is C[N+]1(C)C(=O)N(CC2CCC(NC(=O)c3ccc(F)c(C(F)(F)F)c3)CC2)c2ccccc21. The first-order chi connectivity index (χ1) is 15.5. The summed E-state index contributed by atoms with van der Waals surface area (Å²) in [6.07, 6.45) is -1.99. The summed E-state index contributed by atoms with van der Waals surface area (Å²) in [5.41, 5.74) is 0.210. The Hall–Kier alpha value is -2.94. The van der Waals surface area contributed by atoms with Gasteiger partial charge in [-0.25, -0.2) is 13.7 Å². The molecule has 0 aromatic heterocycles. The Morgan fingerprint density at radius 1 is 1.09 bits per heavy atom. The number of amides is 3. The topological polar surface area (TPSA) is 49.4 Å². The van der Waals surface area contributed by atoms with Crippen LogP contribution in [0.1, 0.15) is 41.6 Å². The largest absolute Gasteiger partial charge is 0.428 e. The Bertz CT molecular complexity index is 1080. The van der Waals surface area contributed by atoms with Gasteiger partial charge in [0.05, 0.1) is 19.7 Å². The summed E-state index contributed by atoms with van der Waals surface area (Å²) in [5.74, 6) is -1.79. The molecular weight excluding hydrogens is 438 g/mol. The van der Waals surface area contributed by atoms with Crippen LogP contribution in [-0.2, 0) is 6.18 Å². The Balaban J connectivity index is 1.36. The Morgan fingerprint density at radius 3 is 2.42 bits per heavy atom. The van der Waals surface area contributed by atoms with Crippen molar-refractivity contribution in [3.8, 4) is 0 Å². The highest BCUT2D eigenvalue weighted by Gasteiger charge is 2.46. The second-order valence-electron chi connectivity index (χ2n) is 9.22. The summed E-state index contributed by atoms with van der Waals surface area (Å²) in [7, 11) is 3.74. The van der Waals surface area contributed by atoms with E-state index in [1.54, 1.807) is 0 Å². The summed E-state index contributed by atoms with van der Waals surface area (Å²) in [6, 6.07) is 9.85. The van der Waals surface area contributed by atoms with E-state index < -0.39 is 23.5 Å². The Morgan fingerprint density at radius 2 is 1.76 bits per heavy atom. The zero-order valence-corrected chi connectivity index (χ0v) is 18.5. The lowest BCUT2D eigenvalue weighted by atomic mass is 9.85. The number of halogens is 4. The third-order valence-electron chi connectivity index (χ3n) is 6.64. The molecule has 2 aromatic carbocycles. The van der Waals surface area contributed by atoms with Crippen LogP contribution in [0.3, 0.4) is 0 Å². The van der Waals surface area contributed by atoms with Crippen molar-refractivity contribution in [2.45, 2.75) is 37.9 Å². The van der Waals surface area contributed by atoms with Crippen LogP contribution in [-0.4, -0.2) is 38.6 Å². The van der Waals surface area contributed by atoms with Gasteiger partial charge in [-0.3, -0.25) is 9.69 Å². The third kappa shape index (κ3) is 4.46. The van der Waals surface area contributed by atoms with Crippen LogP contribution in [0, 0.1) is 11.7 Å². The highest BCUT2D eigenvalue weighted by molar-refractivity contribution is 6.09. The van der Waals surface area contributed by atoms with Crippen molar-refractivity contribution < 1.29 is 27.2 Å².